The summed E-state index contributed by atoms with van der Waals surface area (Å²) in [7, 11) is -3.59. The van der Waals surface area contributed by atoms with E-state index in [-0.39, 0.29) is 16.2 Å². The summed E-state index contributed by atoms with van der Waals surface area (Å²) in [6, 6.07) is 13.0. The summed E-state index contributed by atoms with van der Waals surface area (Å²) in [5.74, 6) is -2.03. The molecule has 0 aliphatic carbocycles. The van der Waals surface area contributed by atoms with Gasteiger partial charge in [0.05, 0.1) is 12.3 Å². The molecule has 4 rings (SSSR count). The van der Waals surface area contributed by atoms with E-state index in [0.717, 1.165) is 38.2 Å². The molecule has 1 aromatic heterocycles. The van der Waals surface area contributed by atoms with Crippen LogP contribution >= 0.6 is 0 Å². The number of sulfonamides is 1. The van der Waals surface area contributed by atoms with E-state index in [1.807, 2.05) is 24.4 Å². The zero-order chi connectivity index (χ0) is 27.3. The van der Waals surface area contributed by atoms with E-state index in [4.69, 9.17) is 14.6 Å². The van der Waals surface area contributed by atoms with Crippen LogP contribution in [0.4, 0.5) is 13.2 Å². The fourth-order valence-corrected chi connectivity index (χ4v) is 6.28. The Hall–Kier alpha value is -2.70. The molecule has 0 saturated carbocycles. The van der Waals surface area contributed by atoms with E-state index in [1.54, 1.807) is 22.5 Å². The van der Waals surface area contributed by atoms with Crippen LogP contribution in [0.3, 0.4) is 0 Å². The van der Waals surface area contributed by atoms with Gasteiger partial charge in [-0.1, -0.05) is 32.0 Å². The smallest absolute Gasteiger partial charge is 0.490 e. The van der Waals surface area contributed by atoms with Gasteiger partial charge in [0.1, 0.15) is 10.6 Å². The van der Waals surface area contributed by atoms with E-state index < -0.39 is 22.2 Å². The number of fused-ring (bicyclic) bond motifs is 1. The Labute approximate surface area is 215 Å². The lowest BCUT2D eigenvalue weighted by molar-refractivity contribution is -0.192. The van der Waals surface area contributed by atoms with Crippen LogP contribution in [0.2, 0.25) is 0 Å². The van der Waals surface area contributed by atoms with Crippen LogP contribution in [0.5, 0.6) is 5.75 Å². The minimum atomic E-state index is -5.08. The van der Waals surface area contributed by atoms with Crippen LogP contribution in [0.15, 0.2) is 53.6 Å². The number of para-hydroxylation sites is 1. The number of carboxylic acids is 1. The van der Waals surface area contributed by atoms with E-state index in [1.165, 1.54) is 0 Å². The number of hydrogen-bond donors (Lipinski definition) is 1. The predicted octanol–water partition coefficient (Wildman–Crippen LogP) is 4.04. The topological polar surface area (TPSA) is 100 Å². The largest absolute Gasteiger partial charge is 0.492 e. The predicted molar refractivity (Wildman–Crippen MR) is 130 cm³/mol. The molecule has 2 aliphatic rings. The number of piperidine rings is 1. The summed E-state index contributed by atoms with van der Waals surface area (Å²) in [5, 5.41) is 7.12. The fourth-order valence-electron chi connectivity index (χ4n) is 4.44. The number of halogens is 3. The van der Waals surface area contributed by atoms with Crippen LogP contribution in [0.1, 0.15) is 32.4 Å². The second-order valence-electron chi connectivity index (χ2n) is 9.83. The maximum absolute atomic E-state index is 13.5. The average Bonchev–Trinajstić information content (AvgIpc) is 2.84. The second kappa shape index (κ2) is 11.8. The molecule has 1 aromatic carbocycles. The Balaban J connectivity index is 0.000000479. The summed E-state index contributed by atoms with van der Waals surface area (Å²) in [4.78, 5) is 16.0. The lowest BCUT2D eigenvalue weighted by atomic mass is 9.78. The number of alkyl halides is 3. The maximum atomic E-state index is 13.5. The van der Waals surface area contributed by atoms with Crippen molar-refractivity contribution in [3.63, 3.8) is 0 Å². The number of aliphatic carboxylic acids is 1. The first-order valence-electron chi connectivity index (χ1n) is 12.0. The Morgan fingerprint density at radius 3 is 2.32 bits per heavy atom. The van der Waals surface area contributed by atoms with Gasteiger partial charge in [-0.15, -0.1) is 0 Å². The van der Waals surface area contributed by atoms with Crippen molar-refractivity contribution in [2.75, 3.05) is 32.8 Å². The summed E-state index contributed by atoms with van der Waals surface area (Å²) in [6.45, 7) is 8.38. The van der Waals surface area contributed by atoms with Crippen LogP contribution in [-0.4, -0.2) is 72.6 Å². The van der Waals surface area contributed by atoms with Crippen LogP contribution in [-0.2, 0) is 21.4 Å². The number of nitrogens with zero attached hydrogens (tertiary/aromatic N) is 3. The van der Waals surface area contributed by atoms with Crippen molar-refractivity contribution in [1.29, 1.82) is 0 Å². The molecule has 1 N–H and O–H groups in total. The number of carbonyl (C=O) groups is 1. The molecule has 1 spiro atoms. The molecule has 0 radical (unpaired) electrons. The minimum Gasteiger partial charge on any atom is -0.492 e. The van der Waals surface area contributed by atoms with Gasteiger partial charge in [0.25, 0.3) is 0 Å². The number of benzene rings is 1. The van der Waals surface area contributed by atoms with Crippen molar-refractivity contribution < 1.29 is 36.2 Å². The number of aromatic nitrogens is 1. The molecule has 1 fully saturated rings. The van der Waals surface area contributed by atoms with Crippen molar-refractivity contribution >= 4 is 16.0 Å². The number of pyridine rings is 1. The highest BCUT2D eigenvalue weighted by atomic mass is 32.2. The molecule has 37 heavy (non-hydrogen) atoms. The van der Waals surface area contributed by atoms with Gasteiger partial charge in [0.2, 0.25) is 10.0 Å². The van der Waals surface area contributed by atoms with E-state index in [2.05, 4.69) is 29.8 Å². The van der Waals surface area contributed by atoms with Gasteiger partial charge in [0.15, 0.2) is 0 Å². The zero-order valence-corrected chi connectivity index (χ0v) is 21.6. The maximum Gasteiger partial charge on any atom is 0.490 e. The molecule has 0 bridgehead atoms. The lowest BCUT2D eigenvalue weighted by Gasteiger charge is -2.45. The highest BCUT2D eigenvalue weighted by Gasteiger charge is 2.43. The standard InChI is InChI=1S/C23H31N3O3S.C2HF3O2/c1-19(2)15-26-17-23(18-29-21-8-3-4-9-22(21)30(26,27)28)10-13-25(14-11-23)16-20-7-5-6-12-24-20;3-2(4,5)1(6)7/h3-9,12,19H,10-11,13-18H2,1-2H3;(H,6,7). The van der Waals surface area contributed by atoms with Gasteiger partial charge < -0.3 is 9.84 Å². The SMILES string of the molecule is CC(C)CN1CC2(CCN(Cc3ccccn3)CC2)COc2ccccc2S1(=O)=O.O=C(O)C(F)(F)F. The summed E-state index contributed by atoms with van der Waals surface area (Å²) < 4.78 is 66.5. The summed E-state index contributed by atoms with van der Waals surface area (Å²) in [5.41, 5.74) is 0.899. The third-order valence-electron chi connectivity index (χ3n) is 6.35. The molecule has 0 atom stereocenters. The number of rotatable bonds is 4. The normalized spacial score (nSPS) is 19.6. The molecule has 2 aliphatic heterocycles. The van der Waals surface area contributed by atoms with Gasteiger partial charge >= 0.3 is 12.1 Å². The van der Waals surface area contributed by atoms with Crippen molar-refractivity contribution in [2.45, 2.75) is 44.3 Å². The van der Waals surface area contributed by atoms with Gasteiger partial charge in [-0.05, 0) is 56.1 Å². The molecule has 0 amide bonds. The second-order valence-corrected chi connectivity index (χ2v) is 11.7. The molecule has 12 heteroatoms. The molecule has 3 heterocycles. The third-order valence-corrected chi connectivity index (χ3v) is 8.20. The van der Waals surface area contributed by atoms with Gasteiger partial charge in [-0.25, -0.2) is 13.2 Å². The molecule has 204 valence electrons. The molecule has 0 unspecified atom stereocenters. The number of likely N-dealkylation sites (tertiary alicyclic amines) is 1. The van der Waals surface area contributed by atoms with Crippen LogP contribution in [0.25, 0.3) is 0 Å². The van der Waals surface area contributed by atoms with E-state index >= 15 is 0 Å². The molecular formula is C25H32F3N3O5S. The highest BCUT2D eigenvalue weighted by molar-refractivity contribution is 7.89. The molecule has 1 saturated heterocycles. The average molecular weight is 544 g/mol. The van der Waals surface area contributed by atoms with Gasteiger partial charge in [0, 0.05) is 31.2 Å². The quantitative estimate of drug-likeness (QED) is 0.622. The number of ether oxygens (including phenoxy) is 1. The lowest BCUT2D eigenvalue weighted by Crippen LogP contribution is -2.52. The molecule has 8 nitrogen and oxygen atoms in total. The molecule has 2 aromatic rings. The van der Waals surface area contributed by atoms with Crippen LogP contribution in [0, 0.1) is 11.3 Å². The van der Waals surface area contributed by atoms with E-state index in [9.17, 15) is 21.6 Å². The first-order chi connectivity index (χ1) is 17.3. The van der Waals surface area contributed by atoms with Crippen molar-refractivity contribution in [3.8, 4) is 5.75 Å². The fraction of sp³-hybridized carbons (Fsp3) is 0.520. The highest BCUT2D eigenvalue weighted by Crippen LogP contribution is 2.39. The monoisotopic (exact) mass is 543 g/mol. The Kier molecular flexibility index (Phi) is 9.19. The first-order valence-corrected chi connectivity index (χ1v) is 13.4. The Bertz CT molecular complexity index is 1150. The number of hydrogen-bond acceptors (Lipinski definition) is 6. The Morgan fingerprint density at radius 2 is 1.76 bits per heavy atom. The Morgan fingerprint density at radius 1 is 1.14 bits per heavy atom. The minimum absolute atomic E-state index is 0.171. The zero-order valence-electron chi connectivity index (χ0n) is 20.8. The van der Waals surface area contributed by atoms with Crippen LogP contribution < -0.4 is 4.74 Å². The number of carboxylic acid groups (broad SMARTS) is 1. The van der Waals surface area contributed by atoms with Crippen molar-refractivity contribution in [1.82, 2.24) is 14.2 Å². The van der Waals surface area contributed by atoms with E-state index in [0.29, 0.717) is 25.4 Å². The van der Waals surface area contributed by atoms with Gasteiger partial charge in [-0.3, -0.25) is 9.88 Å². The van der Waals surface area contributed by atoms with Crippen molar-refractivity contribution in [2.24, 2.45) is 11.3 Å². The van der Waals surface area contributed by atoms with Gasteiger partial charge in [-0.2, -0.15) is 17.5 Å². The first kappa shape index (κ1) is 28.9. The van der Waals surface area contributed by atoms with Crippen molar-refractivity contribution in [3.05, 3.63) is 54.4 Å². The summed E-state index contributed by atoms with van der Waals surface area (Å²) in [6.07, 6.45) is -1.44. The summed E-state index contributed by atoms with van der Waals surface area (Å²) >= 11 is 0. The molecular weight excluding hydrogens is 511 g/mol. The third kappa shape index (κ3) is 7.65.